The second-order valence-corrected chi connectivity index (χ2v) is 9.15. The Kier molecular flexibility index (Phi) is 7.14. The average molecular weight is 562 g/mol. The zero-order valence-electron chi connectivity index (χ0n) is 16.8. The van der Waals surface area contributed by atoms with E-state index in [0.717, 1.165) is 10.0 Å². The van der Waals surface area contributed by atoms with Gasteiger partial charge in [0.2, 0.25) is 0 Å². The van der Waals surface area contributed by atoms with E-state index >= 15 is 0 Å². The average Bonchev–Trinajstić information content (AvgIpc) is 2.77. The number of amides is 2. The number of para-hydroxylation sites is 1. The smallest absolute Gasteiger partial charge is 0.270 e. The van der Waals surface area contributed by atoms with E-state index in [-0.39, 0.29) is 17.3 Å². The standard InChI is InChI=1S/C24H15BrCl2N2O3S/c25-16-7-9-21(32-13-14-6-8-17(26)12-20(14)27)15(10-16)11-19-22(30)28-24(33)29(23(19)31)18-4-2-1-3-5-18/h1-12H,13H2,(H,28,30,33)/b19-11-. The molecule has 5 nitrogen and oxygen atoms in total. The minimum atomic E-state index is -0.580. The maximum absolute atomic E-state index is 13.2. The monoisotopic (exact) mass is 560 g/mol. The van der Waals surface area contributed by atoms with Crippen LogP contribution in [0.1, 0.15) is 11.1 Å². The molecule has 1 saturated heterocycles. The van der Waals surface area contributed by atoms with E-state index in [4.69, 9.17) is 40.2 Å². The maximum atomic E-state index is 13.2. The summed E-state index contributed by atoms with van der Waals surface area (Å²) in [5, 5.41) is 3.61. The van der Waals surface area contributed by atoms with Crippen molar-refractivity contribution >= 4 is 80.0 Å². The number of nitrogens with one attached hydrogen (secondary N) is 1. The Bertz CT molecular complexity index is 1300. The van der Waals surface area contributed by atoms with E-state index in [9.17, 15) is 9.59 Å². The van der Waals surface area contributed by atoms with Gasteiger partial charge in [0.05, 0.1) is 5.69 Å². The van der Waals surface area contributed by atoms with Crippen LogP contribution in [0.25, 0.3) is 6.08 Å². The van der Waals surface area contributed by atoms with Crippen LogP contribution < -0.4 is 15.0 Å². The van der Waals surface area contributed by atoms with Crippen LogP contribution in [0.4, 0.5) is 5.69 Å². The van der Waals surface area contributed by atoms with E-state index in [1.54, 1.807) is 60.7 Å². The third-order valence-corrected chi connectivity index (χ3v) is 6.15. The highest BCUT2D eigenvalue weighted by Crippen LogP contribution is 2.30. The largest absolute Gasteiger partial charge is 0.488 e. The lowest BCUT2D eigenvalue weighted by molar-refractivity contribution is -0.122. The number of carbonyl (C=O) groups is 2. The van der Waals surface area contributed by atoms with Gasteiger partial charge in [0.1, 0.15) is 17.9 Å². The lowest BCUT2D eigenvalue weighted by Gasteiger charge is -2.29. The first-order chi connectivity index (χ1) is 15.8. The van der Waals surface area contributed by atoms with Crippen LogP contribution in [0.2, 0.25) is 10.0 Å². The molecule has 1 heterocycles. The van der Waals surface area contributed by atoms with Crippen LogP contribution in [-0.2, 0) is 16.2 Å². The summed E-state index contributed by atoms with van der Waals surface area (Å²) in [6.45, 7) is 0.175. The normalized spacial score (nSPS) is 15.1. The van der Waals surface area contributed by atoms with E-state index in [2.05, 4.69) is 21.2 Å². The van der Waals surface area contributed by atoms with Crippen molar-refractivity contribution in [3.05, 3.63) is 97.9 Å². The molecule has 1 aliphatic rings. The quantitative estimate of drug-likeness (QED) is 0.230. The number of hydrogen-bond donors (Lipinski definition) is 1. The molecule has 33 heavy (non-hydrogen) atoms. The summed E-state index contributed by atoms with van der Waals surface area (Å²) in [5.74, 6) is -0.637. The summed E-state index contributed by atoms with van der Waals surface area (Å²) in [4.78, 5) is 27.2. The summed E-state index contributed by atoms with van der Waals surface area (Å²) >= 11 is 20.9. The van der Waals surface area contributed by atoms with Gasteiger partial charge in [-0.15, -0.1) is 0 Å². The van der Waals surface area contributed by atoms with Gasteiger partial charge in [0.15, 0.2) is 5.11 Å². The number of hydrogen-bond acceptors (Lipinski definition) is 4. The van der Waals surface area contributed by atoms with E-state index in [1.807, 2.05) is 6.07 Å². The van der Waals surface area contributed by atoms with Gasteiger partial charge in [-0.05, 0) is 60.8 Å². The van der Waals surface area contributed by atoms with Gasteiger partial charge in [-0.1, -0.05) is 63.4 Å². The number of benzene rings is 3. The molecule has 0 saturated carbocycles. The molecule has 3 aromatic carbocycles. The van der Waals surface area contributed by atoms with E-state index in [1.165, 1.54) is 11.0 Å². The highest BCUT2D eigenvalue weighted by molar-refractivity contribution is 9.10. The second-order valence-electron chi connectivity index (χ2n) is 7.00. The third kappa shape index (κ3) is 5.28. The Morgan fingerprint density at radius 1 is 1.03 bits per heavy atom. The molecular formula is C24H15BrCl2N2O3S. The Morgan fingerprint density at radius 2 is 1.79 bits per heavy atom. The van der Waals surface area contributed by atoms with Gasteiger partial charge in [0.25, 0.3) is 11.8 Å². The minimum absolute atomic E-state index is 0.0245. The molecule has 0 aromatic heterocycles. The van der Waals surface area contributed by atoms with Crippen molar-refractivity contribution in [2.45, 2.75) is 6.61 Å². The van der Waals surface area contributed by atoms with Crippen LogP contribution in [0.5, 0.6) is 5.75 Å². The van der Waals surface area contributed by atoms with Crippen LogP contribution in [0, 0.1) is 0 Å². The molecule has 9 heteroatoms. The SMILES string of the molecule is O=C1NC(=S)N(c2ccccc2)C(=O)/C1=C\c1cc(Br)ccc1OCc1ccc(Cl)cc1Cl. The van der Waals surface area contributed by atoms with Crippen molar-refractivity contribution in [3.8, 4) is 5.75 Å². The van der Waals surface area contributed by atoms with Gasteiger partial charge in [-0.2, -0.15) is 0 Å². The summed E-state index contributed by atoms with van der Waals surface area (Å²) < 4.78 is 6.72. The number of thiocarbonyl (C=S) groups is 1. The lowest BCUT2D eigenvalue weighted by Crippen LogP contribution is -2.54. The second kappa shape index (κ2) is 10.1. The number of nitrogens with zero attached hydrogens (tertiary/aromatic N) is 1. The molecule has 1 aliphatic heterocycles. The molecule has 1 fully saturated rings. The van der Waals surface area contributed by atoms with Crippen LogP contribution in [0.3, 0.4) is 0 Å². The molecule has 0 unspecified atom stereocenters. The van der Waals surface area contributed by atoms with Crippen molar-refractivity contribution in [2.24, 2.45) is 0 Å². The highest BCUT2D eigenvalue weighted by Gasteiger charge is 2.34. The Labute approximate surface area is 214 Å². The summed E-state index contributed by atoms with van der Waals surface area (Å²) in [5.41, 5.74) is 1.77. The zero-order valence-corrected chi connectivity index (χ0v) is 20.8. The molecule has 1 N–H and O–H groups in total. The first kappa shape index (κ1) is 23.4. The first-order valence-electron chi connectivity index (χ1n) is 9.66. The van der Waals surface area contributed by atoms with Gasteiger partial charge in [0, 0.05) is 25.6 Å². The van der Waals surface area contributed by atoms with Crippen molar-refractivity contribution in [2.75, 3.05) is 4.90 Å². The van der Waals surface area contributed by atoms with Gasteiger partial charge < -0.3 is 4.74 Å². The maximum Gasteiger partial charge on any atom is 0.270 e. The molecule has 4 rings (SSSR count). The Morgan fingerprint density at radius 3 is 2.52 bits per heavy atom. The molecule has 0 aliphatic carbocycles. The Hall–Kier alpha value is -2.71. The fraction of sp³-hybridized carbons (Fsp3) is 0.0417. The number of carbonyl (C=O) groups excluding carboxylic acids is 2. The number of ether oxygens (including phenoxy) is 1. The molecule has 0 bridgehead atoms. The van der Waals surface area contributed by atoms with Gasteiger partial charge in [-0.3, -0.25) is 19.8 Å². The molecule has 3 aromatic rings. The van der Waals surface area contributed by atoms with Crippen LogP contribution in [-0.4, -0.2) is 16.9 Å². The minimum Gasteiger partial charge on any atom is -0.488 e. The fourth-order valence-electron chi connectivity index (χ4n) is 3.18. The summed E-state index contributed by atoms with van der Waals surface area (Å²) in [6, 6.07) is 19.3. The number of anilines is 1. The number of rotatable bonds is 5. The van der Waals surface area contributed by atoms with Gasteiger partial charge in [-0.25, -0.2) is 0 Å². The first-order valence-corrected chi connectivity index (χ1v) is 11.6. The summed E-state index contributed by atoms with van der Waals surface area (Å²) in [7, 11) is 0. The fourth-order valence-corrected chi connectivity index (χ4v) is 4.31. The lowest BCUT2D eigenvalue weighted by atomic mass is 10.1. The summed E-state index contributed by atoms with van der Waals surface area (Å²) in [6.07, 6.45) is 1.49. The van der Waals surface area contributed by atoms with Crippen LogP contribution in [0.15, 0.2) is 76.8 Å². The predicted octanol–water partition coefficient (Wildman–Crippen LogP) is 6.17. The molecular weight excluding hydrogens is 547 g/mol. The van der Waals surface area contributed by atoms with E-state index < -0.39 is 11.8 Å². The van der Waals surface area contributed by atoms with Crippen molar-refractivity contribution in [1.82, 2.24) is 5.32 Å². The van der Waals surface area contributed by atoms with Crippen molar-refractivity contribution in [3.63, 3.8) is 0 Å². The van der Waals surface area contributed by atoms with Crippen molar-refractivity contribution in [1.29, 1.82) is 0 Å². The molecule has 0 spiro atoms. The zero-order chi connectivity index (χ0) is 23.5. The topological polar surface area (TPSA) is 58.6 Å². The third-order valence-electron chi connectivity index (χ3n) is 4.79. The predicted molar refractivity (Wildman–Crippen MR) is 138 cm³/mol. The van der Waals surface area contributed by atoms with Crippen molar-refractivity contribution < 1.29 is 14.3 Å². The van der Waals surface area contributed by atoms with Crippen LogP contribution >= 0.6 is 51.3 Å². The highest BCUT2D eigenvalue weighted by atomic mass is 79.9. The van der Waals surface area contributed by atoms with E-state index in [0.29, 0.717) is 27.0 Å². The molecule has 166 valence electrons. The molecule has 2 amide bonds. The Balaban J connectivity index is 1.67. The molecule has 0 radical (unpaired) electrons. The van der Waals surface area contributed by atoms with Gasteiger partial charge >= 0.3 is 0 Å². The molecule has 0 atom stereocenters. The number of halogens is 3.